The number of amides is 2. The molecule has 0 unspecified atom stereocenters. The Balaban J connectivity index is 1.66. The van der Waals surface area contributed by atoms with Crippen molar-refractivity contribution in [3.63, 3.8) is 0 Å². The van der Waals surface area contributed by atoms with Crippen molar-refractivity contribution in [2.75, 3.05) is 18.4 Å². The number of carbonyl (C=O) groups excluding carboxylic acids is 2. The molecule has 3 rings (SSSR count). The van der Waals surface area contributed by atoms with Crippen LogP contribution in [0.1, 0.15) is 28.8 Å². The summed E-state index contributed by atoms with van der Waals surface area (Å²) in [6.07, 6.45) is 1.16. The number of hydrogen-bond donors (Lipinski definition) is 2. The predicted molar refractivity (Wildman–Crippen MR) is 117 cm³/mol. The lowest BCUT2D eigenvalue weighted by molar-refractivity contribution is -0.120. The molecule has 0 spiro atoms. The molecular formula is C20H21Cl2N3O4S. The Morgan fingerprint density at radius 1 is 1.13 bits per heavy atom. The average Bonchev–Trinajstić information content (AvgIpc) is 2.70. The SMILES string of the molecule is NC(=O)c1ccc(NC(=O)[C@H]2CCCN(S(=O)(=O)Cc3ccc(Cl)cc3Cl)C2)cc1. The van der Waals surface area contributed by atoms with Gasteiger partial charge in [-0.2, -0.15) is 0 Å². The largest absolute Gasteiger partial charge is 0.366 e. The van der Waals surface area contributed by atoms with E-state index >= 15 is 0 Å². The van der Waals surface area contributed by atoms with Gasteiger partial charge in [0.2, 0.25) is 21.8 Å². The Morgan fingerprint density at radius 3 is 2.47 bits per heavy atom. The second-order valence-electron chi connectivity index (χ2n) is 7.12. The highest BCUT2D eigenvalue weighted by Gasteiger charge is 2.32. The van der Waals surface area contributed by atoms with E-state index in [0.717, 1.165) is 0 Å². The number of rotatable bonds is 6. The van der Waals surface area contributed by atoms with Crippen LogP contribution < -0.4 is 11.1 Å². The summed E-state index contributed by atoms with van der Waals surface area (Å²) >= 11 is 12.0. The summed E-state index contributed by atoms with van der Waals surface area (Å²) in [6, 6.07) is 10.9. The quantitative estimate of drug-likeness (QED) is 0.675. The molecule has 0 aromatic heterocycles. The summed E-state index contributed by atoms with van der Waals surface area (Å²) in [5.41, 5.74) is 6.52. The number of hydrogen-bond acceptors (Lipinski definition) is 4. The van der Waals surface area contributed by atoms with Crippen LogP contribution in [0.15, 0.2) is 42.5 Å². The number of halogens is 2. The van der Waals surface area contributed by atoms with Gasteiger partial charge in [-0.3, -0.25) is 9.59 Å². The number of piperidine rings is 1. The monoisotopic (exact) mass is 469 g/mol. The molecule has 2 aromatic carbocycles. The fraction of sp³-hybridized carbons (Fsp3) is 0.300. The van der Waals surface area contributed by atoms with Gasteiger partial charge in [-0.1, -0.05) is 29.3 Å². The molecule has 3 N–H and O–H groups in total. The van der Waals surface area contributed by atoms with Crippen LogP contribution in [0.3, 0.4) is 0 Å². The van der Waals surface area contributed by atoms with Gasteiger partial charge in [0.1, 0.15) is 0 Å². The van der Waals surface area contributed by atoms with Crippen molar-refractivity contribution in [3.05, 3.63) is 63.6 Å². The van der Waals surface area contributed by atoms with Crippen LogP contribution in [0.4, 0.5) is 5.69 Å². The van der Waals surface area contributed by atoms with Crippen LogP contribution in [0.5, 0.6) is 0 Å². The van der Waals surface area contributed by atoms with E-state index in [4.69, 9.17) is 28.9 Å². The second-order valence-corrected chi connectivity index (χ2v) is 9.93. The lowest BCUT2D eigenvalue weighted by atomic mass is 9.98. The van der Waals surface area contributed by atoms with Crippen LogP contribution in [0.2, 0.25) is 10.0 Å². The Morgan fingerprint density at radius 2 is 1.83 bits per heavy atom. The number of nitrogens with two attached hydrogens (primary N) is 1. The number of carbonyl (C=O) groups is 2. The molecule has 160 valence electrons. The predicted octanol–water partition coefficient (Wildman–Crippen LogP) is 3.27. The molecule has 1 fully saturated rings. The van der Waals surface area contributed by atoms with Crippen LogP contribution in [-0.4, -0.2) is 37.6 Å². The number of benzene rings is 2. The summed E-state index contributed by atoms with van der Waals surface area (Å²) < 4.78 is 27.1. The maximum Gasteiger partial charge on any atom is 0.248 e. The molecule has 1 heterocycles. The number of anilines is 1. The minimum atomic E-state index is -3.65. The normalized spacial score (nSPS) is 17.5. The molecule has 1 aliphatic rings. The van der Waals surface area contributed by atoms with Crippen LogP contribution in [0, 0.1) is 5.92 Å². The summed E-state index contributed by atoms with van der Waals surface area (Å²) in [6.45, 7) is 0.448. The lowest BCUT2D eigenvalue weighted by Gasteiger charge is -2.31. The molecule has 1 saturated heterocycles. The lowest BCUT2D eigenvalue weighted by Crippen LogP contribution is -2.44. The third-order valence-electron chi connectivity index (χ3n) is 4.94. The van der Waals surface area contributed by atoms with Crippen LogP contribution in [-0.2, 0) is 20.6 Å². The minimum Gasteiger partial charge on any atom is -0.366 e. The number of primary amides is 1. The maximum atomic E-state index is 12.9. The van der Waals surface area contributed by atoms with E-state index in [9.17, 15) is 18.0 Å². The molecule has 2 aromatic rings. The number of sulfonamides is 1. The van der Waals surface area contributed by atoms with Crippen LogP contribution in [0.25, 0.3) is 0 Å². The fourth-order valence-corrected chi connectivity index (χ4v) is 5.49. The first kappa shape index (κ1) is 22.6. The molecule has 1 atom stereocenters. The molecule has 7 nitrogen and oxygen atoms in total. The Bertz CT molecular complexity index is 1060. The molecule has 0 aliphatic carbocycles. The Labute approximate surface area is 185 Å². The van der Waals surface area contributed by atoms with Gasteiger partial charge >= 0.3 is 0 Å². The second kappa shape index (κ2) is 9.34. The van der Waals surface area contributed by atoms with Crippen molar-refractivity contribution in [1.29, 1.82) is 0 Å². The summed E-state index contributed by atoms with van der Waals surface area (Å²) in [5.74, 6) is -1.57. The molecule has 0 bridgehead atoms. The van der Waals surface area contributed by atoms with Gasteiger partial charge in [-0.05, 0) is 54.8 Å². The third-order valence-corrected chi connectivity index (χ3v) is 7.32. The summed E-state index contributed by atoms with van der Waals surface area (Å²) in [5, 5.41) is 3.49. The Hall–Kier alpha value is -2.13. The van der Waals surface area contributed by atoms with Gasteiger partial charge in [0.25, 0.3) is 0 Å². The van der Waals surface area contributed by atoms with Gasteiger partial charge < -0.3 is 11.1 Å². The van der Waals surface area contributed by atoms with E-state index in [-0.39, 0.29) is 23.2 Å². The zero-order valence-corrected chi connectivity index (χ0v) is 18.3. The first-order chi connectivity index (χ1) is 14.2. The van der Waals surface area contributed by atoms with Crippen LogP contribution >= 0.6 is 23.2 Å². The van der Waals surface area contributed by atoms with Gasteiger partial charge in [0.05, 0.1) is 11.7 Å². The van der Waals surface area contributed by atoms with Crippen molar-refractivity contribution >= 4 is 50.7 Å². The Kier molecular flexibility index (Phi) is 7.02. The van der Waals surface area contributed by atoms with E-state index in [1.165, 1.54) is 22.5 Å². The van der Waals surface area contributed by atoms with Crippen molar-refractivity contribution in [3.8, 4) is 0 Å². The standard InChI is InChI=1S/C20H21Cl2N3O4S/c21-16-6-3-15(18(22)10-16)12-30(28,29)25-9-1-2-14(11-25)20(27)24-17-7-4-13(5-8-17)19(23)26/h3-8,10,14H,1-2,9,11-12H2,(H2,23,26)(H,24,27)/t14-/m0/s1. The first-order valence-corrected chi connectivity index (χ1v) is 11.6. The summed E-state index contributed by atoms with van der Waals surface area (Å²) in [4.78, 5) is 23.8. The van der Waals surface area contributed by atoms with Gasteiger partial charge in [0, 0.05) is 34.4 Å². The highest BCUT2D eigenvalue weighted by atomic mass is 35.5. The van der Waals surface area contributed by atoms with Gasteiger partial charge in [-0.25, -0.2) is 12.7 Å². The molecular weight excluding hydrogens is 449 g/mol. The number of nitrogens with zero attached hydrogens (tertiary/aromatic N) is 1. The van der Waals surface area contributed by atoms with Gasteiger partial charge in [-0.15, -0.1) is 0 Å². The zero-order valence-electron chi connectivity index (χ0n) is 16.0. The fourth-order valence-electron chi connectivity index (χ4n) is 3.30. The summed E-state index contributed by atoms with van der Waals surface area (Å²) in [7, 11) is -3.65. The van der Waals surface area contributed by atoms with E-state index in [0.29, 0.717) is 41.2 Å². The highest BCUT2D eigenvalue weighted by Crippen LogP contribution is 2.27. The third kappa shape index (κ3) is 5.51. The minimum absolute atomic E-state index is 0.0960. The van der Waals surface area contributed by atoms with E-state index in [2.05, 4.69) is 5.32 Å². The molecule has 10 heteroatoms. The van der Waals surface area contributed by atoms with Gasteiger partial charge in [0.15, 0.2) is 0 Å². The average molecular weight is 470 g/mol. The van der Waals surface area contributed by atoms with E-state index < -0.39 is 21.8 Å². The topological polar surface area (TPSA) is 110 Å². The van der Waals surface area contributed by atoms with Crippen molar-refractivity contribution in [2.24, 2.45) is 11.7 Å². The number of nitrogens with one attached hydrogen (secondary N) is 1. The van der Waals surface area contributed by atoms with E-state index in [1.54, 1.807) is 24.3 Å². The highest BCUT2D eigenvalue weighted by molar-refractivity contribution is 7.88. The van der Waals surface area contributed by atoms with Crippen molar-refractivity contribution in [2.45, 2.75) is 18.6 Å². The smallest absolute Gasteiger partial charge is 0.248 e. The molecule has 0 radical (unpaired) electrons. The molecule has 0 saturated carbocycles. The van der Waals surface area contributed by atoms with E-state index in [1.807, 2.05) is 0 Å². The molecule has 2 amide bonds. The maximum absolute atomic E-state index is 12.9. The zero-order chi connectivity index (χ0) is 21.9. The molecule has 30 heavy (non-hydrogen) atoms. The van der Waals surface area contributed by atoms with Crippen molar-refractivity contribution < 1.29 is 18.0 Å². The molecule has 1 aliphatic heterocycles. The first-order valence-electron chi connectivity index (χ1n) is 9.28. The van der Waals surface area contributed by atoms with Crippen molar-refractivity contribution in [1.82, 2.24) is 4.31 Å².